The molecule has 106 valence electrons. The highest BCUT2D eigenvalue weighted by Gasteiger charge is 2.39. The molecule has 1 atom stereocenters. The van der Waals surface area contributed by atoms with Gasteiger partial charge in [0, 0.05) is 31.7 Å². The molecule has 0 aromatic carbocycles. The lowest BCUT2D eigenvalue weighted by atomic mass is 9.88. The van der Waals surface area contributed by atoms with Gasteiger partial charge in [-0.2, -0.15) is 0 Å². The molecule has 0 saturated carbocycles. The molecule has 1 unspecified atom stereocenters. The van der Waals surface area contributed by atoms with E-state index in [0.717, 1.165) is 19.6 Å². The molecule has 2 heterocycles. The Morgan fingerprint density at radius 1 is 1.28 bits per heavy atom. The van der Waals surface area contributed by atoms with E-state index in [2.05, 4.69) is 37.9 Å². The fourth-order valence-corrected chi connectivity index (χ4v) is 3.57. The van der Waals surface area contributed by atoms with E-state index in [1.54, 1.807) is 0 Å². The molecule has 0 aromatic heterocycles. The van der Waals surface area contributed by atoms with Crippen molar-refractivity contribution in [1.82, 2.24) is 10.2 Å². The lowest BCUT2D eigenvalue weighted by Gasteiger charge is -2.48. The highest BCUT2D eigenvalue weighted by molar-refractivity contribution is 4.96. The Labute approximate surface area is 112 Å². The van der Waals surface area contributed by atoms with Gasteiger partial charge in [0.15, 0.2) is 0 Å². The van der Waals surface area contributed by atoms with Crippen molar-refractivity contribution in [3.05, 3.63) is 0 Å². The van der Waals surface area contributed by atoms with Crippen LogP contribution in [-0.4, -0.2) is 48.3 Å². The predicted molar refractivity (Wildman–Crippen MR) is 75.9 cm³/mol. The van der Waals surface area contributed by atoms with Crippen molar-refractivity contribution in [3.8, 4) is 0 Å². The van der Waals surface area contributed by atoms with Crippen LogP contribution >= 0.6 is 0 Å². The highest BCUT2D eigenvalue weighted by atomic mass is 16.5. The fourth-order valence-electron chi connectivity index (χ4n) is 3.57. The maximum Gasteiger partial charge on any atom is 0.0710 e. The van der Waals surface area contributed by atoms with Crippen LogP contribution in [0.15, 0.2) is 0 Å². The van der Waals surface area contributed by atoms with E-state index in [0.29, 0.717) is 11.6 Å². The van der Waals surface area contributed by atoms with Crippen molar-refractivity contribution < 1.29 is 4.74 Å². The Morgan fingerprint density at radius 3 is 2.56 bits per heavy atom. The number of piperazine rings is 1. The van der Waals surface area contributed by atoms with Gasteiger partial charge in [0.1, 0.15) is 0 Å². The van der Waals surface area contributed by atoms with Crippen LogP contribution in [0, 0.1) is 0 Å². The molecule has 2 rings (SSSR count). The summed E-state index contributed by atoms with van der Waals surface area (Å²) in [6.07, 6.45) is 5.32. The zero-order valence-corrected chi connectivity index (χ0v) is 12.6. The summed E-state index contributed by atoms with van der Waals surface area (Å²) in [7, 11) is 0. The Hall–Kier alpha value is -0.120. The van der Waals surface area contributed by atoms with Crippen LogP contribution < -0.4 is 5.32 Å². The summed E-state index contributed by atoms with van der Waals surface area (Å²) >= 11 is 0. The topological polar surface area (TPSA) is 24.5 Å². The average molecular weight is 254 g/mol. The summed E-state index contributed by atoms with van der Waals surface area (Å²) in [5.41, 5.74) is 0.453. The minimum absolute atomic E-state index is 0.0970. The quantitative estimate of drug-likeness (QED) is 0.834. The standard InChI is InChI=1S/C15H30N2O/c1-5-15(6-2)12-16-9-10-17(15)11-13-7-8-14(3,4)18-13/h13,16H,5-12H2,1-4H3. The summed E-state index contributed by atoms with van der Waals surface area (Å²) in [5, 5.41) is 3.57. The molecule has 2 aliphatic rings. The fraction of sp³-hybridized carbons (Fsp3) is 1.00. The van der Waals surface area contributed by atoms with Crippen LogP contribution in [-0.2, 0) is 4.74 Å². The lowest BCUT2D eigenvalue weighted by Crippen LogP contribution is -2.62. The number of hydrogen-bond acceptors (Lipinski definition) is 3. The maximum atomic E-state index is 6.17. The van der Waals surface area contributed by atoms with Crippen molar-refractivity contribution in [1.29, 1.82) is 0 Å². The van der Waals surface area contributed by atoms with Crippen molar-refractivity contribution in [2.45, 2.75) is 70.6 Å². The van der Waals surface area contributed by atoms with Crippen LogP contribution in [0.25, 0.3) is 0 Å². The van der Waals surface area contributed by atoms with E-state index >= 15 is 0 Å². The third kappa shape index (κ3) is 2.89. The van der Waals surface area contributed by atoms with E-state index in [1.165, 1.54) is 32.2 Å². The number of rotatable bonds is 4. The minimum atomic E-state index is 0.0970. The Bertz CT molecular complexity index is 274. The molecule has 2 saturated heterocycles. The van der Waals surface area contributed by atoms with Crippen molar-refractivity contribution >= 4 is 0 Å². The van der Waals surface area contributed by atoms with E-state index < -0.39 is 0 Å². The van der Waals surface area contributed by atoms with Gasteiger partial charge in [-0.1, -0.05) is 13.8 Å². The highest BCUT2D eigenvalue weighted by Crippen LogP contribution is 2.32. The molecule has 18 heavy (non-hydrogen) atoms. The van der Waals surface area contributed by atoms with E-state index in [-0.39, 0.29) is 5.60 Å². The van der Waals surface area contributed by atoms with Gasteiger partial charge in [0.05, 0.1) is 11.7 Å². The summed E-state index contributed by atoms with van der Waals surface area (Å²) < 4.78 is 6.17. The smallest absolute Gasteiger partial charge is 0.0710 e. The van der Waals surface area contributed by atoms with Crippen molar-refractivity contribution in [3.63, 3.8) is 0 Å². The van der Waals surface area contributed by atoms with Crippen molar-refractivity contribution in [2.24, 2.45) is 0 Å². The predicted octanol–water partition coefficient (Wildman–Crippen LogP) is 2.41. The Kier molecular flexibility index (Phi) is 4.35. The molecule has 3 heteroatoms. The zero-order valence-electron chi connectivity index (χ0n) is 12.6. The molecule has 0 aromatic rings. The van der Waals surface area contributed by atoms with Crippen LogP contribution in [0.1, 0.15) is 53.4 Å². The molecule has 2 aliphatic heterocycles. The van der Waals surface area contributed by atoms with E-state index in [4.69, 9.17) is 4.74 Å². The van der Waals surface area contributed by atoms with E-state index in [1.807, 2.05) is 0 Å². The first-order valence-electron chi connectivity index (χ1n) is 7.65. The SMILES string of the molecule is CCC1(CC)CNCCN1CC1CCC(C)(C)O1. The van der Waals surface area contributed by atoms with Crippen LogP contribution in [0.2, 0.25) is 0 Å². The minimum Gasteiger partial charge on any atom is -0.371 e. The Morgan fingerprint density at radius 2 is 2.00 bits per heavy atom. The first kappa shape index (κ1) is 14.3. The van der Waals surface area contributed by atoms with Crippen molar-refractivity contribution in [2.75, 3.05) is 26.2 Å². The van der Waals surface area contributed by atoms with Gasteiger partial charge < -0.3 is 10.1 Å². The second-order valence-electron chi connectivity index (χ2n) is 6.59. The Balaban J connectivity index is 1.98. The van der Waals surface area contributed by atoms with Gasteiger partial charge in [0.25, 0.3) is 0 Å². The largest absolute Gasteiger partial charge is 0.371 e. The van der Waals surface area contributed by atoms with Gasteiger partial charge in [0.2, 0.25) is 0 Å². The van der Waals surface area contributed by atoms with Crippen LogP contribution in [0.3, 0.4) is 0 Å². The first-order valence-corrected chi connectivity index (χ1v) is 7.65. The molecule has 1 N–H and O–H groups in total. The molecular formula is C15H30N2O. The molecule has 0 bridgehead atoms. The van der Waals surface area contributed by atoms with Gasteiger partial charge in [-0.3, -0.25) is 4.90 Å². The summed E-state index contributed by atoms with van der Waals surface area (Å²) in [5.74, 6) is 0. The average Bonchev–Trinajstić information content (AvgIpc) is 2.70. The summed E-state index contributed by atoms with van der Waals surface area (Å²) in [6, 6.07) is 0. The monoisotopic (exact) mass is 254 g/mol. The normalized spacial score (nSPS) is 31.7. The first-order chi connectivity index (χ1) is 8.51. The molecule has 0 radical (unpaired) electrons. The second-order valence-corrected chi connectivity index (χ2v) is 6.59. The number of nitrogens with zero attached hydrogens (tertiary/aromatic N) is 1. The molecule has 2 fully saturated rings. The molecule has 0 amide bonds. The number of hydrogen-bond donors (Lipinski definition) is 1. The molecular weight excluding hydrogens is 224 g/mol. The maximum absolute atomic E-state index is 6.17. The zero-order chi connectivity index (χ0) is 13.2. The third-order valence-corrected chi connectivity index (χ3v) is 4.98. The summed E-state index contributed by atoms with van der Waals surface area (Å²) in [4.78, 5) is 2.69. The molecule has 0 aliphatic carbocycles. The molecule has 0 spiro atoms. The van der Waals surface area contributed by atoms with Crippen LogP contribution in [0.5, 0.6) is 0 Å². The van der Waals surface area contributed by atoms with Gasteiger partial charge >= 0.3 is 0 Å². The molecule has 3 nitrogen and oxygen atoms in total. The lowest BCUT2D eigenvalue weighted by molar-refractivity contribution is -0.0526. The number of nitrogens with one attached hydrogen (secondary N) is 1. The van der Waals surface area contributed by atoms with Gasteiger partial charge in [-0.05, 0) is 39.5 Å². The second kappa shape index (κ2) is 5.48. The summed E-state index contributed by atoms with van der Waals surface area (Å²) in [6.45, 7) is 13.6. The third-order valence-electron chi connectivity index (χ3n) is 4.98. The number of ether oxygens (including phenoxy) is 1. The van der Waals surface area contributed by atoms with Gasteiger partial charge in [-0.25, -0.2) is 0 Å². The van der Waals surface area contributed by atoms with Crippen LogP contribution in [0.4, 0.5) is 0 Å². The van der Waals surface area contributed by atoms with E-state index in [9.17, 15) is 0 Å². The van der Waals surface area contributed by atoms with Gasteiger partial charge in [-0.15, -0.1) is 0 Å².